The van der Waals surface area contributed by atoms with E-state index in [4.69, 9.17) is 9.47 Å². The molecule has 0 aliphatic carbocycles. The van der Waals surface area contributed by atoms with Crippen LogP contribution in [0.25, 0.3) is 0 Å². The maximum absolute atomic E-state index is 12.8. The number of imidazole rings is 1. The number of carbonyl (C=O) groups excluding carboxylic acids is 1. The van der Waals surface area contributed by atoms with Crippen LogP contribution in [0.4, 0.5) is 0 Å². The first-order chi connectivity index (χ1) is 12.1. The third-order valence-corrected chi connectivity index (χ3v) is 5.22. The van der Waals surface area contributed by atoms with Crippen molar-refractivity contribution in [3.05, 3.63) is 18.2 Å². The maximum Gasteiger partial charge on any atom is 0.251 e. The van der Waals surface area contributed by atoms with Gasteiger partial charge in [0.2, 0.25) is 0 Å². The largest absolute Gasteiger partial charge is 0.376 e. The Morgan fingerprint density at radius 3 is 2.92 bits per heavy atom. The Labute approximate surface area is 150 Å². The van der Waals surface area contributed by atoms with Crippen LogP contribution in [-0.2, 0) is 14.3 Å². The van der Waals surface area contributed by atoms with Crippen molar-refractivity contribution < 1.29 is 14.3 Å². The summed E-state index contributed by atoms with van der Waals surface area (Å²) in [6, 6.07) is 0.308. The molecule has 1 aromatic rings. The van der Waals surface area contributed by atoms with Gasteiger partial charge in [-0.2, -0.15) is 0 Å². The molecule has 0 N–H and O–H groups in total. The van der Waals surface area contributed by atoms with Crippen LogP contribution in [0.2, 0.25) is 0 Å². The smallest absolute Gasteiger partial charge is 0.251 e. The Kier molecular flexibility index (Phi) is 6.12. The van der Waals surface area contributed by atoms with Crippen LogP contribution in [0.1, 0.15) is 64.2 Å². The number of piperidine rings is 1. The first-order valence-corrected chi connectivity index (χ1v) is 9.61. The van der Waals surface area contributed by atoms with E-state index < -0.39 is 6.10 Å². The number of hydrogen-bond donors (Lipinski definition) is 0. The van der Waals surface area contributed by atoms with Gasteiger partial charge in [-0.05, 0) is 32.6 Å². The minimum Gasteiger partial charge on any atom is -0.376 e. The minimum atomic E-state index is -0.407. The van der Waals surface area contributed by atoms with Gasteiger partial charge in [0.1, 0.15) is 11.9 Å². The van der Waals surface area contributed by atoms with E-state index in [1.807, 2.05) is 24.2 Å². The SMILES string of the molecule is CC(C)c1nccn1[C@@H]1CCCN(C(=O)[C@H](C)OC[C@H]2CCCO2)C1. The highest BCUT2D eigenvalue weighted by molar-refractivity contribution is 5.80. The molecule has 2 aliphatic rings. The summed E-state index contributed by atoms with van der Waals surface area (Å²) in [6.07, 6.45) is 7.89. The highest BCUT2D eigenvalue weighted by atomic mass is 16.5. The lowest BCUT2D eigenvalue weighted by Crippen LogP contribution is -2.46. The number of amides is 1. The molecular formula is C19H31N3O3. The fourth-order valence-electron chi connectivity index (χ4n) is 3.82. The molecule has 25 heavy (non-hydrogen) atoms. The van der Waals surface area contributed by atoms with Gasteiger partial charge in [-0.15, -0.1) is 0 Å². The number of carbonyl (C=O) groups is 1. The van der Waals surface area contributed by atoms with E-state index >= 15 is 0 Å². The number of ether oxygens (including phenoxy) is 2. The van der Waals surface area contributed by atoms with Gasteiger partial charge in [0, 0.05) is 38.0 Å². The first-order valence-electron chi connectivity index (χ1n) is 9.61. The summed E-state index contributed by atoms with van der Waals surface area (Å²) in [6.45, 7) is 9.06. The van der Waals surface area contributed by atoms with Crippen LogP contribution < -0.4 is 0 Å². The summed E-state index contributed by atoms with van der Waals surface area (Å²) in [5.74, 6) is 1.57. The molecule has 3 atom stereocenters. The molecule has 3 rings (SSSR count). The van der Waals surface area contributed by atoms with Crippen LogP contribution in [0.15, 0.2) is 12.4 Å². The maximum atomic E-state index is 12.8. The van der Waals surface area contributed by atoms with E-state index in [9.17, 15) is 4.79 Å². The lowest BCUT2D eigenvalue weighted by atomic mass is 10.0. The van der Waals surface area contributed by atoms with Crippen molar-refractivity contribution in [2.45, 2.75) is 70.6 Å². The number of rotatable bonds is 6. The second-order valence-electron chi connectivity index (χ2n) is 7.54. The van der Waals surface area contributed by atoms with Crippen LogP contribution in [-0.4, -0.2) is 58.9 Å². The van der Waals surface area contributed by atoms with Crippen molar-refractivity contribution >= 4 is 5.91 Å². The fourth-order valence-corrected chi connectivity index (χ4v) is 3.82. The van der Waals surface area contributed by atoms with Crippen LogP contribution in [0.5, 0.6) is 0 Å². The molecule has 6 heteroatoms. The quantitative estimate of drug-likeness (QED) is 0.792. The van der Waals surface area contributed by atoms with E-state index in [-0.39, 0.29) is 12.0 Å². The van der Waals surface area contributed by atoms with Gasteiger partial charge in [-0.1, -0.05) is 13.8 Å². The zero-order chi connectivity index (χ0) is 17.8. The average molecular weight is 349 g/mol. The Morgan fingerprint density at radius 2 is 2.20 bits per heavy atom. The highest BCUT2D eigenvalue weighted by Crippen LogP contribution is 2.26. The Hall–Kier alpha value is -1.40. The normalized spacial score (nSPS) is 25.5. The van der Waals surface area contributed by atoms with Crippen LogP contribution in [0, 0.1) is 0 Å². The summed E-state index contributed by atoms with van der Waals surface area (Å²) < 4.78 is 13.6. The molecule has 3 heterocycles. The van der Waals surface area contributed by atoms with Crippen molar-refractivity contribution in [3.63, 3.8) is 0 Å². The van der Waals surface area contributed by atoms with E-state index in [0.717, 1.165) is 51.2 Å². The summed E-state index contributed by atoms with van der Waals surface area (Å²) in [5, 5.41) is 0. The molecule has 0 spiro atoms. The molecule has 2 aliphatic heterocycles. The van der Waals surface area contributed by atoms with Crippen molar-refractivity contribution in [3.8, 4) is 0 Å². The Bertz CT molecular complexity index is 566. The van der Waals surface area contributed by atoms with Gasteiger partial charge in [0.15, 0.2) is 0 Å². The lowest BCUT2D eigenvalue weighted by molar-refractivity contribution is -0.146. The third kappa shape index (κ3) is 4.42. The summed E-state index contributed by atoms with van der Waals surface area (Å²) in [5.41, 5.74) is 0. The van der Waals surface area contributed by atoms with E-state index in [1.165, 1.54) is 0 Å². The number of nitrogens with zero attached hydrogens (tertiary/aromatic N) is 3. The molecule has 1 aromatic heterocycles. The molecule has 0 saturated carbocycles. The first kappa shape index (κ1) is 18.4. The number of aromatic nitrogens is 2. The zero-order valence-electron chi connectivity index (χ0n) is 15.7. The topological polar surface area (TPSA) is 56.6 Å². The summed E-state index contributed by atoms with van der Waals surface area (Å²) >= 11 is 0. The van der Waals surface area contributed by atoms with Gasteiger partial charge >= 0.3 is 0 Å². The third-order valence-electron chi connectivity index (χ3n) is 5.22. The second kappa shape index (κ2) is 8.32. The van der Waals surface area contributed by atoms with Crippen molar-refractivity contribution in [1.82, 2.24) is 14.5 Å². The van der Waals surface area contributed by atoms with Crippen molar-refractivity contribution in [2.24, 2.45) is 0 Å². The van der Waals surface area contributed by atoms with Gasteiger partial charge in [0.25, 0.3) is 5.91 Å². The minimum absolute atomic E-state index is 0.0916. The second-order valence-corrected chi connectivity index (χ2v) is 7.54. The zero-order valence-corrected chi connectivity index (χ0v) is 15.7. The molecule has 2 saturated heterocycles. The highest BCUT2D eigenvalue weighted by Gasteiger charge is 2.29. The monoisotopic (exact) mass is 349 g/mol. The predicted molar refractivity (Wildman–Crippen MR) is 95.6 cm³/mol. The van der Waals surface area contributed by atoms with Gasteiger partial charge in [0.05, 0.1) is 18.8 Å². The van der Waals surface area contributed by atoms with Crippen LogP contribution >= 0.6 is 0 Å². The van der Waals surface area contributed by atoms with E-state index in [1.54, 1.807) is 0 Å². The number of likely N-dealkylation sites (tertiary alicyclic amines) is 1. The molecular weight excluding hydrogens is 318 g/mol. The van der Waals surface area contributed by atoms with E-state index in [2.05, 4.69) is 23.4 Å². The summed E-state index contributed by atoms with van der Waals surface area (Å²) in [4.78, 5) is 19.2. The predicted octanol–water partition coefficient (Wildman–Crippen LogP) is 2.75. The van der Waals surface area contributed by atoms with Gasteiger partial charge in [-0.3, -0.25) is 4.79 Å². The summed E-state index contributed by atoms with van der Waals surface area (Å²) in [7, 11) is 0. The average Bonchev–Trinajstić information content (AvgIpc) is 3.30. The molecule has 140 valence electrons. The number of hydrogen-bond acceptors (Lipinski definition) is 4. The molecule has 6 nitrogen and oxygen atoms in total. The molecule has 0 bridgehead atoms. The van der Waals surface area contributed by atoms with Crippen LogP contribution in [0.3, 0.4) is 0 Å². The Balaban J connectivity index is 1.56. The molecule has 2 fully saturated rings. The van der Waals surface area contributed by atoms with Crippen molar-refractivity contribution in [2.75, 3.05) is 26.3 Å². The van der Waals surface area contributed by atoms with Gasteiger partial charge < -0.3 is 18.9 Å². The Morgan fingerprint density at radius 1 is 1.36 bits per heavy atom. The molecule has 0 radical (unpaired) electrons. The standard InChI is InChI=1S/C19H31N3O3/c1-14(2)18-20-8-10-22(18)16-6-4-9-21(12-16)19(23)15(3)25-13-17-7-5-11-24-17/h8,10,14-17H,4-7,9,11-13H2,1-3H3/t15-,16+,17+/m0/s1. The molecule has 0 aromatic carbocycles. The molecule has 0 unspecified atom stereocenters. The van der Waals surface area contributed by atoms with Crippen molar-refractivity contribution in [1.29, 1.82) is 0 Å². The van der Waals surface area contributed by atoms with E-state index in [0.29, 0.717) is 18.6 Å². The lowest BCUT2D eigenvalue weighted by Gasteiger charge is -2.35. The van der Waals surface area contributed by atoms with Gasteiger partial charge in [-0.25, -0.2) is 4.98 Å². The molecule has 1 amide bonds. The fraction of sp³-hybridized carbons (Fsp3) is 0.789.